The first-order valence-electron chi connectivity index (χ1n) is 11.8. The molecule has 202 valence electrons. The Morgan fingerprint density at radius 2 is 1.87 bits per heavy atom. The first-order valence-corrected chi connectivity index (χ1v) is 12.6. The minimum Gasteiger partial charge on any atom is -0.496 e. The number of rotatable bonds is 9. The highest BCUT2D eigenvalue weighted by Gasteiger charge is 2.35. The number of fused-ring (bicyclic) bond motifs is 1. The van der Waals surface area contributed by atoms with Crippen LogP contribution in [-0.2, 0) is 29.7 Å². The number of aromatic nitrogens is 5. The number of ether oxygens (including phenoxy) is 1. The maximum absolute atomic E-state index is 14.8. The molecule has 0 bridgehead atoms. The molecule has 0 fully saturated rings. The molecule has 0 saturated heterocycles. The van der Waals surface area contributed by atoms with Gasteiger partial charge in [0.05, 0.1) is 31.0 Å². The second-order valence-electron chi connectivity index (χ2n) is 9.48. The van der Waals surface area contributed by atoms with Crippen molar-refractivity contribution in [2.45, 2.75) is 58.7 Å². The monoisotopic (exact) mass is 545 g/mol. The van der Waals surface area contributed by atoms with Gasteiger partial charge in [0.2, 0.25) is 0 Å². The van der Waals surface area contributed by atoms with Crippen LogP contribution in [0, 0.1) is 12.7 Å². The van der Waals surface area contributed by atoms with Crippen LogP contribution < -0.4 is 16.0 Å². The quantitative estimate of drug-likeness (QED) is 0.326. The number of nitrogens with zero attached hydrogens (tertiary/aromatic N) is 5. The summed E-state index contributed by atoms with van der Waals surface area (Å²) in [6.45, 7) is 5.76. The topological polar surface area (TPSA) is 141 Å². The molecule has 13 heteroatoms. The summed E-state index contributed by atoms with van der Waals surface area (Å²) in [5.74, 6) is -1.49. The Labute approximate surface area is 220 Å². The lowest BCUT2D eigenvalue weighted by Gasteiger charge is -2.23. The number of aliphatic hydroxyl groups excluding tert-OH is 1. The molecule has 0 radical (unpaired) electrons. The number of aliphatic hydroxyl groups is 1. The van der Waals surface area contributed by atoms with Crippen LogP contribution in [0.4, 0.5) is 4.39 Å². The molecule has 1 unspecified atom stereocenters. The van der Waals surface area contributed by atoms with Gasteiger partial charge >= 0.3 is 11.7 Å². The summed E-state index contributed by atoms with van der Waals surface area (Å²) >= 11 is 1.12. The van der Waals surface area contributed by atoms with Crippen molar-refractivity contribution in [1.82, 2.24) is 24.1 Å². The van der Waals surface area contributed by atoms with Crippen molar-refractivity contribution in [1.29, 1.82) is 0 Å². The normalized spacial score (nSPS) is 12.7. The van der Waals surface area contributed by atoms with Gasteiger partial charge in [0.25, 0.3) is 5.56 Å². The number of thiophene rings is 1. The third kappa shape index (κ3) is 4.52. The second kappa shape index (κ2) is 10.1. The Balaban J connectivity index is 1.98. The maximum atomic E-state index is 14.8. The van der Waals surface area contributed by atoms with Crippen LogP contribution in [0.5, 0.6) is 5.75 Å². The summed E-state index contributed by atoms with van der Waals surface area (Å²) in [5.41, 5.74) is -2.19. The van der Waals surface area contributed by atoms with Crippen LogP contribution in [0.15, 0.2) is 34.1 Å². The number of hydrogen-bond donors (Lipinski definition) is 2. The number of carbonyl (C=O) groups is 1. The minimum absolute atomic E-state index is 0.0239. The molecule has 1 aromatic carbocycles. The van der Waals surface area contributed by atoms with Crippen molar-refractivity contribution in [3.63, 3.8) is 0 Å². The highest BCUT2D eigenvalue weighted by atomic mass is 32.1. The fourth-order valence-corrected chi connectivity index (χ4v) is 5.72. The molecule has 0 aliphatic rings. The number of halogens is 1. The fraction of sp³-hybridized carbons (Fsp3) is 0.400. The Morgan fingerprint density at radius 1 is 1.21 bits per heavy atom. The van der Waals surface area contributed by atoms with Gasteiger partial charge < -0.3 is 14.9 Å². The molecular formula is C25H28FN5O6S. The lowest BCUT2D eigenvalue weighted by atomic mass is 9.97. The van der Waals surface area contributed by atoms with Crippen molar-refractivity contribution in [2.24, 2.45) is 0 Å². The number of benzene rings is 1. The molecule has 4 aromatic rings. The van der Waals surface area contributed by atoms with E-state index >= 15 is 0 Å². The molecule has 1 atom stereocenters. The summed E-state index contributed by atoms with van der Waals surface area (Å²) < 4.78 is 22.3. The number of aryl methyl sites for hydroxylation is 2. The average Bonchev–Trinajstić information content (AvgIpc) is 3.48. The van der Waals surface area contributed by atoms with E-state index in [4.69, 9.17) is 4.74 Å². The average molecular weight is 546 g/mol. The van der Waals surface area contributed by atoms with E-state index in [2.05, 4.69) is 10.2 Å². The summed E-state index contributed by atoms with van der Waals surface area (Å²) in [5, 5.41) is 28.7. The van der Waals surface area contributed by atoms with Crippen LogP contribution >= 0.6 is 11.3 Å². The molecule has 3 heterocycles. The Hall–Kier alpha value is -3.84. The Bertz CT molecular complexity index is 1630. The lowest BCUT2D eigenvalue weighted by molar-refractivity contribution is -0.146. The van der Waals surface area contributed by atoms with Crippen LogP contribution in [0.2, 0.25) is 0 Å². The first-order chi connectivity index (χ1) is 17.9. The van der Waals surface area contributed by atoms with E-state index in [-0.39, 0.29) is 30.3 Å². The molecule has 0 aliphatic carbocycles. The van der Waals surface area contributed by atoms with Gasteiger partial charge in [-0.25, -0.2) is 18.5 Å². The third-order valence-electron chi connectivity index (χ3n) is 6.51. The van der Waals surface area contributed by atoms with Crippen molar-refractivity contribution in [2.75, 3.05) is 7.11 Å². The number of carboxylic acid groups (broad SMARTS) is 1. The maximum Gasteiger partial charge on any atom is 0.333 e. The van der Waals surface area contributed by atoms with Crippen molar-refractivity contribution >= 4 is 27.5 Å². The smallest absolute Gasteiger partial charge is 0.333 e. The molecule has 3 aromatic heterocycles. The molecule has 0 spiro atoms. The van der Waals surface area contributed by atoms with Gasteiger partial charge in [0.15, 0.2) is 0 Å². The van der Waals surface area contributed by atoms with Crippen LogP contribution in [0.3, 0.4) is 0 Å². The van der Waals surface area contributed by atoms with Crippen molar-refractivity contribution in [3.05, 3.63) is 67.9 Å². The number of methoxy groups -OCH3 is 1. The fourth-order valence-electron chi connectivity index (χ4n) is 4.48. The summed E-state index contributed by atoms with van der Waals surface area (Å²) in [6.07, 6.45) is 2.26. The van der Waals surface area contributed by atoms with Gasteiger partial charge in [-0.3, -0.25) is 9.36 Å². The van der Waals surface area contributed by atoms with E-state index in [1.807, 2.05) is 0 Å². The highest BCUT2D eigenvalue weighted by molar-refractivity contribution is 7.21. The Kier molecular flexibility index (Phi) is 7.26. The molecule has 0 aliphatic heterocycles. The van der Waals surface area contributed by atoms with Gasteiger partial charge in [-0.15, -0.1) is 4.80 Å². The van der Waals surface area contributed by atoms with E-state index in [0.29, 0.717) is 26.7 Å². The predicted octanol–water partition coefficient (Wildman–Crippen LogP) is 2.25. The molecule has 0 saturated carbocycles. The van der Waals surface area contributed by atoms with Gasteiger partial charge in [0.1, 0.15) is 26.9 Å². The number of hydrogen-bond acceptors (Lipinski definition) is 8. The standard InChI is InChI=1S/C25H28FN5O6S/c1-13(32)12-16-15(18(37-5)7-6-17(16)26)8-11-29-22-19(14(2)21(38-22)31-27-9-10-28-31)20(33)30(24(29)36)25(3,4)23(34)35/h6-7,9-10,13,32H,8,11-12H2,1-5H3,(H,34,35). The van der Waals surface area contributed by atoms with E-state index in [1.165, 1.54) is 54.8 Å². The lowest BCUT2D eigenvalue weighted by Crippen LogP contribution is -2.52. The Morgan fingerprint density at radius 3 is 2.45 bits per heavy atom. The minimum atomic E-state index is -1.85. The van der Waals surface area contributed by atoms with E-state index in [9.17, 15) is 29.0 Å². The zero-order valence-corrected chi connectivity index (χ0v) is 22.4. The van der Waals surface area contributed by atoms with Gasteiger partial charge in [-0.2, -0.15) is 10.2 Å². The molecule has 4 rings (SSSR count). The highest BCUT2D eigenvalue weighted by Crippen LogP contribution is 2.32. The molecule has 0 amide bonds. The van der Waals surface area contributed by atoms with E-state index < -0.39 is 34.7 Å². The molecule has 2 N–H and O–H groups in total. The van der Waals surface area contributed by atoms with Crippen molar-refractivity contribution in [3.8, 4) is 10.8 Å². The first kappa shape index (κ1) is 27.2. The largest absolute Gasteiger partial charge is 0.496 e. The SMILES string of the molecule is COc1ccc(F)c(CC(C)O)c1CCn1c(=O)n(C(C)(C)C(=O)O)c(=O)c2c(C)c(-n3nccn3)sc21. The van der Waals surface area contributed by atoms with Gasteiger partial charge in [-0.1, -0.05) is 11.3 Å². The number of carboxylic acids is 1. The van der Waals surface area contributed by atoms with Crippen LogP contribution in [0.25, 0.3) is 15.2 Å². The third-order valence-corrected chi connectivity index (χ3v) is 7.79. The van der Waals surface area contributed by atoms with E-state index in [0.717, 1.165) is 15.9 Å². The zero-order chi connectivity index (χ0) is 27.9. The van der Waals surface area contributed by atoms with Gasteiger partial charge in [-0.05, 0) is 51.8 Å². The van der Waals surface area contributed by atoms with Crippen LogP contribution in [-0.4, -0.2) is 53.5 Å². The summed E-state index contributed by atoms with van der Waals surface area (Å²) in [4.78, 5) is 41.1. The molecule has 38 heavy (non-hydrogen) atoms. The van der Waals surface area contributed by atoms with E-state index in [1.54, 1.807) is 13.8 Å². The second-order valence-corrected chi connectivity index (χ2v) is 10.5. The predicted molar refractivity (Wildman–Crippen MR) is 139 cm³/mol. The summed E-state index contributed by atoms with van der Waals surface area (Å²) in [6, 6.07) is 2.73. The van der Waals surface area contributed by atoms with Gasteiger partial charge in [0, 0.05) is 24.1 Å². The number of aliphatic carboxylic acids is 1. The van der Waals surface area contributed by atoms with Crippen LogP contribution in [0.1, 0.15) is 37.5 Å². The molecular weight excluding hydrogens is 517 g/mol. The van der Waals surface area contributed by atoms with Crippen molar-refractivity contribution < 1.29 is 24.1 Å². The zero-order valence-electron chi connectivity index (χ0n) is 21.6. The summed E-state index contributed by atoms with van der Waals surface area (Å²) in [7, 11) is 1.44. The molecule has 11 nitrogen and oxygen atoms in total.